The SMILES string of the molecule is CN(C)C(=N)N(C)C.O=S(=O)(O)C(F)(F)C(F)(F)F. The quantitative estimate of drug-likeness (QED) is 0.327. The van der Waals surface area contributed by atoms with Crippen LogP contribution in [-0.2, 0) is 10.1 Å². The van der Waals surface area contributed by atoms with E-state index in [1.807, 2.05) is 28.2 Å². The third-order valence-electron chi connectivity index (χ3n) is 1.50. The summed E-state index contributed by atoms with van der Waals surface area (Å²) in [5.41, 5.74) is 0. The van der Waals surface area contributed by atoms with Crippen LogP contribution in [0.4, 0.5) is 22.0 Å². The molecule has 0 spiro atoms. The first-order chi connectivity index (χ1) is 8.05. The first-order valence-corrected chi connectivity index (χ1v) is 5.84. The first kappa shape index (κ1) is 20.2. The summed E-state index contributed by atoms with van der Waals surface area (Å²) in [6.45, 7) is 0. The number of rotatable bonds is 1. The van der Waals surface area contributed by atoms with Crippen LogP contribution in [-0.4, -0.2) is 68.4 Å². The fourth-order valence-electron chi connectivity index (χ4n) is 0.546. The monoisotopic (exact) mass is 315 g/mol. The van der Waals surface area contributed by atoms with Gasteiger partial charge in [0.05, 0.1) is 0 Å². The molecule has 0 amide bonds. The summed E-state index contributed by atoms with van der Waals surface area (Å²) in [5.74, 6) is 0.519. The Labute approximate surface area is 107 Å². The Balaban J connectivity index is 0. The first-order valence-electron chi connectivity index (χ1n) is 4.40. The fraction of sp³-hybridized carbons (Fsp3) is 0.857. The van der Waals surface area contributed by atoms with Gasteiger partial charge in [-0.3, -0.25) is 9.96 Å². The maximum absolute atomic E-state index is 11.5. The van der Waals surface area contributed by atoms with E-state index in [4.69, 9.17) is 9.96 Å². The molecule has 6 nitrogen and oxygen atoms in total. The number of guanidine groups is 1. The highest BCUT2D eigenvalue weighted by atomic mass is 32.2. The van der Waals surface area contributed by atoms with E-state index in [0.29, 0.717) is 5.96 Å². The third-order valence-corrected chi connectivity index (χ3v) is 2.38. The molecule has 0 aromatic carbocycles. The number of nitrogens with one attached hydrogen (secondary N) is 1. The number of halogens is 5. The molecular formula is C7H14F5N3O3S. The van der Waals surface area contributed by atoms with Crippen LogP contribution in [0.1, 0.15) is 0 Å². The van der Waals surface area contributed by atoms with Gasteiger partial charge in [-0.25, -0.2) is 0 Å². The van der Waals surface area contributed by atoms with Gasteiger partial charge in [-0.1, -0.05) is 0 Å². The van der Waals surface area contributed by atoms with Crippen LogP contribution in [0.3, 0.4) is 0 Å². The van der Waals surface area contributed by atoms with Gasteiger partial charge < -0.3 is 9.80 Å². The van der Waals surface area contributed by atoms with E-state index in [1.54, 1.807) is 9.80 Å². The molecule has 0 fully saturated rings. The van der Waals surface area contributed by atoms with Crippen molar-refractivity contribution in [2.45, 2.75) is 11.4 Å². The van der Waals surface area contributed by atoms with Gasteiger partial charge in [0.15, 0.2) is 5.96 Å². The topological polar surface area (TPSA) is 84.7 Å². The summed E-state index contributed by atoms with van der Waals surface area (Å²) >= 11 is 0. The van der Waals surface area contributed by atoms with Gasteiger partial charge in [0.2, 0.25) is 0 Å². The lowest BCUT2D eigenvalue weighted by Crippen LogP contribution is -2.43. The van der Waals surface area contributed by atoms with Crippen LogP contribution in [0, 0.1) is 5.41 Å². The number of nitrogens with zero attached hydrogens (tertiary/aromatic N) is 2. The molecule has 0 radical (unpaired) electrons. The third kappa shape index (κ3) is 6.00. The second kappa shape index (κ2) is 6.32. The van der Waals surface area contributed by atoms with Gasteiger partial charge in [0, 0.05) is 28.2 Å². The summed E-state index contributed by atoms with van der Waals surface area (Å²) in [7, 11) is 0.980. The van der Waals surface area contributed by atoms with Crippen molar-refractivity contribution in [2.24, 2.45) is 0 Å². The van der Waals surface area contributed by atoms with Crippen LogP contribution in [0.2, 0.25) is 0 Å². The van der Waals surface area contributed by atoms with Crippen molar-refractivity contribution in [1.29, 1.82) is 5.41 Å². The normalized spacial score (nSPS) is 12.3. The zero-order valence-electron chi connectivity index (χ0n) is 10.5. The summed E-state index contributed by atoms with van der Waals surface area (Å²) < 4.78 is 82.2. The second-order valence-electron chi connectivity index (χ2n) is 3.60. The summed E-state index contributed by atoms with van der Waals surface area (Å²) in [6, 6.07) is 0. The van der Waals surface area contributed by atoms with Crippen molar-refractivity contribution in [2.75, 3.05) is 28.2 Å². The minimum Gasteiger partial charge on any atom is -0.349 e. The molecular weight excluding hydrogens is 301 g/mol. The summed E-state index contributed by atoms with van der Waals surface area (Å²) in [6.07, 6.45) is -6.29. The molecule has 0 aliphatic rings. The largest absolute Gasteiger partial charge is 0.472 e. The molecule has 116 valence electrons. The Kier molecular flexibility index (Phi) is 6.71. The van der Waals surface area contributed by atoms with Crippen LogP contribution >= 0.6 is 0 Å². The predicted octanol–water partition coefficient (Wildman–Crippen LogP) is 1.07. The molecule has 0 atom stereocenters. The molecule has 0 aromatic heterocycles. The smallest absolute Gasteiger partial charge is 0.349 e. The van der Waals surface area contributed by atoms with Gasteiger partial charge in [-0.05, 0) is 0 Å². The lowest BCUT2D eigenvalue weighted by Gasteiger charge is -2.19. The Morgan fingerprint density at radius 2 is 1.26 bits per heavy atom. The molecule has 0 aliphatic carbocycles. The Hall–Kier alpha value is -1.17. The molecule has 0 saturated carbocycles. The predicted molar refractivity (Wildman–Crippen MR) is 57.7 cm³/mol. The van der Waals surface area contributed by atoms with Gasteiger partial charge >= 0.3 is 21.5 Å². The van der Waals surface area contributed by atoms with Crippen LogP contribution in [0.5, 0.6) is 0 Å². The molecule has 12 heteroatoms. The van der Waals surface area contributed by atoms with Crippen molar-refractivity contribution in [3.8, 4) is 0 Å². The highest BCUT2D eigenvalue weighted by Gasteiger charge is 2.67. The number of hydrogen-bond acceptors (Lipinski definition) is 3. The molecule has 0 saturated heterocycles. The Morgan fingerprint density at radius 1 is 1.00 bits per heavy atom. The van der Waals surface area contributed by atoms with E-state index in [1.165, 1.54) is 0 Å². The number of alkyl halides is 5. The fourth-order valence-corrected chi connectivity index (χ4v) is 0.839. The average Bonchev–Trinajstić information content (AvgIpc) is 2.13. The minimum atomic E-state index is -6.42. The lowest BCUT2D eigenvalue weighted by molar-refractivity contribution is -0.243. The van der Waals surface area contributed by atoms with Crippen LogP contribution in [0.15, 0.2) is 0 Å². The van der Waals surface area contributed by atoms with E-state index in [0.717, 1.165) is 0 Å². The van der Waals surface area contributed by atoms with Gasteiger partial charge in [0.25, 0.3) is 0 Å². The second-order valence-corrected chi connectivity index (χ2v) is 5.06. The van der Waals surface area contributed by atoms with Gasteiger partial charge in [-0.2, -0.15) is 30.4 Å². The Bertz CT molecular complexity index is 395. The maximum Gasteiger partial charge on any atom is 0.472 e. The van der Waals surface area contributed by atoms with Crippen molar-refractivity contribution in [3.05, 3.63) is 0 Å². The number of hydrogen-bond donors (Lipinski definition) is 2. The average molecular weight is 315 g/mol. The summed E-state index contributed by atoms with van der Waals surface area (Å²) in [4.78, 5) is 3.50. The van der Waals surface area contributed by atoms with E-state index in [9.17, 15) is 30.4 Å². The standard InChI is InChI=1S/C5H13N3.C2HF5O3S/c1-7(2)5(6)8(3)4;3-1(4,5)2(6,7)11(8,9)10/h6H,1-4H3;(H,8,9,10). The van der Waals surface area contributed by atoms with Gasteiger partial charge in [-0.15, -0.1) is 0 Å². The highest BCUT2D eigenvalue weighted by Crippen LogP contribution is 2.38. The van der Waals surface area contributed by atoms with E-state index in [2.05, 4.69) is 0 Å². The van der Waals surface area contributed by atoms with Crippen molar-refractivity contribution in [3.63, 3.8) is 0 Å². The zero-order valence-corrected chi connectivity index (χ0v) is 11.3. The minimum absolute atomic E-state index is 0.519. The van der Waals surface area contributed by atoms with Crippen molar-refractivity contribution < 1.29 is 34.9 Å². The van der Waals surface area contributed by atoms with Crippen LogP contribution < -0.4 is 0 Å². The molecule has 0 aromatic rings. The van der Waals surface area contributed by atoms with Crippen molar-refractivity contribution >= 4 is 16.1 Å². The lowest BCUT2D eigenvalue weighted by atomic mass is 10.7. The molecule has 0 rings (SSSR count). The maximum atomic E-state index is 11.5. The summed E-state index contributed by atoms with van der Waals surface area (Å²) in [5, 5.41) is 1.15. The highest BCUT2D eigenvalue weighted by molar-refractivity contribution is 7.86. The molecule has 0 unspecified atom stereocenters. The van der Waals surface area contributed by atoms with E-state index >= 15 is 0 Å². The van der Waals surface area contributed by atoms with Gasteiger partial charge in [0.1, 0.15) is 0 Å². The molecule has 0 aliphatic heterocycles. The van der Waals surface area contributed by atoms with Crippen molar-refractivity contribution in [1.82, 2.24) is 9.80 Å². The molecule has 0 bridgehead atoms. The zero-order chi connectivity index (χ0) is 16.2. The molecule has 2 N–H and O–H groups in total. The van der Waals surface area contributed by atoms with E-state index in [-0.39, 0.29) is 0 Å². The molecule has 0 heterocycles. The van der Waals surface area contributed by atoms with E-state index < -0.39 is 21.5 Å². The van der Waals surface area contributed by atoms with Crippen LogP contribution in [0.25, 0.3) is 0 Å². The molecule has 19 heavy (non-hydrogen) atoms. The Morgan fingerprint density at radius 3 is 1.26 bits per heavy atom.